The molecule has 5 nitrogen and oxygen atoms in total. The monoisotopic (exact) mass is 233 g/mol. The molecule has 2 rings (SSSR count). The van der Waals surface area contributed by atoms with Crippen molar-refractivity contribution in [1.82, 2.24) is 14.8 Å². The Morgan fingerprint density at radius 1 is 1.35 bits per heavy atom. The quantitative estimate of drug-likeness (QED) is 0.732. The van der Waals surface area contributed by atoms with E-state index in [0.717, 1.165) is 12.4 Å². The van der Waals surface area contributed by atoms with E-state index >= 15 is 0 Å². The van der Waals surface area contributed by atoms with Crippen molar-refractivity contribution in [2.75, 3.05) is 7.11 Å². The Morgan fingerprint density at radius 2 is 2.24 bits per heavy atom. The molecule has 17 heavy (non-hydrogen) atoms. The Balaban J connectivity index is 2.12. The Kier molecular flexibility index (Phi) is 3.69. The summed E-state index contributed by atoms with van der Waals surface area (Å²) in [6.07, 6.45) is 8.42. The summed E-state index contributed by atoms with van der Waals surface area (Å²) in [4.78, 5) is 0. The zero-order chi connectivity index (χ0) is 12.1. The lowest BCUT2D eigenvalue weighted by atomic mass is 10.3. The molecule has 0 fully saturated rings. The molecule has 0 amide bonds. The summed E-state index contributed by atoms with van der Waals surface area (Å²) in [5.41, 5.74) is 0. The lowest BCUT2D eigenvalue weighted by Gasteiger charge is -1.97. The second kappa shape index (κ2) is 5.43. The zero-order valence-electron chi connectivity index (χ0n) is 10.2. The first-order valence-corrected chi connectivity index (χ1v) is 5.78. The van der Waals surface area contributed by atoms with E-state index in [-0.39, 0.29) is 0 Å². The summed E-state index contributed by atoms with van der Waals surface area (Å²) in [5.74, 6) is 1.32. The van der Waals surface area contributed by atoms with Crippen molar-refractivity contribution in [3.05, 3.63) is 30.9 Å². The maximum atomic E-state index is 4.98. The minimum atomic E-state index is 0.528. The van der Waals surface area contributed by atoms with Gasteiger partial charge in [0.05, 0.1) is 13.7 Å². The van der Waals surface area contributed by atoms with Crippen molar-refractivity contribution >= 4 is 0 Å². The molecule has 0 radical (unpaired) electrons. The molecule has 0 aliphatic carbocycles. The van der Waals surface area contributed by atoms with Gasteiger partial charge in [0.2, 0.25) is 18.0 Å². The largest absolute Gasteiger partial charge is 0.480 e. The highest BCUT2D eigenvalue weighted by Gasteiger charge is 2.08. The Bertz CT molecular complexity index is 464. The molecule has 0 saturated heterocycles. The second-order valence-corrected chi connectivity index (χ2v) is 3.85. The number of unbranched alkanes of at least 4 members (excludes halogenated alkanes) is 1. The van der Waals surface area contributed by atoms with E-state index in [1.165, 1.54) is 12.8 Å². The second-order valence-electron chi connectivity index (χ2n) is 3.85. The van der Waals surface area contributed by atoms with E-state index in [0.29, 0.717) is 5.88 Å². The molecule has 2 heterocycles. The molecule has 2 aromatic rings. The fourth-order valence-corrected chi connectivity index (χ4v) is 1.56. The molecule has 0 N–H and O–H groups in total. The highest BCUT2D eigenvalue weighted by atomic mass is 16.5. The fraction of sp³-hybridized carbons (Fsp3) is 0.417. The van der Waals surface area contributed by atoms with Crippen molar-refractivity contribution < 1.29 is 9.30 Å². The van der Waals surface area contributed by atoms with Crippen LogP contribution in [0.5, 0.6) is 5.88 Å². The van der Waals surface area contributed by atoms with E-state index < -0.39 is 0 Å². The first kappa shape index (κ1) is 11.6. The third kappa shape index (κ3) is 2.81. The molecule has 0 saturated carbocycles. The van der Waals surface area contributed by atoms with Gasteiger partial charge in [-0.15, -0.1) is 10.2 Å². The van der Waals surface area contributed by atoms with Crippen LogP contribution in [-0.4, -0.2) is 21.9 Å². The summed E-state index contributed by atoms with van der Waals surface area (Å²) in [6, 6.07) is 3.69. The van der Waals surface area contributed by atoms with Crippen LogP contribution in [0, 0.1) is 0 Å². The molecule has 90 valence electrons. The SMILES string of the molecule is CCCC[n+]1ccn(-c2ccc(OC)nn2)c1. The molecular formula is C12H17N4O+. The predicted molar refractivity (Wildman–Crippen MR) is 63.0 cm³/mol. The summed E-state index contributed by atoms with van der Waals surface area (Å²) < 4.78 is 9.07. The van der Waals surface area contributed by atoms with Gasteiger partial charge in [0.25, 0.3) is 0 Å². The average molecular weight is 233 g/mol. The van der Waals surface area contributed by atoms with Gasteiger partial charge in [-0.25, -0.2) is 4.57 Å². The van der Waals surface area contributed by atoms with Crippen LogP contribution in [0.4, 0.5) is 0 Å². The standard InChI is InChI=1S/C12H17N4O/c1-3-4-7-15-8-9-16(10-15)11-5-6-12(17-2)14-13-11/h5-6,8-10H,3-4,7H2,1-2H3/q+1. The highest BCUT2D eigenvalue weighted by molar-refractivity contribution is 5.22. The van der Waals surface area contributed by atoms with Crippen LogP contribution in [0.25, 0.3) is 5.82 Å². The smallest absolute Gasteiger partial charge is 0.250 e. The Morgan fingerprint density at radius 3 is 2.88 bits per heavy atom. The number of hydrogen-bond acceptors (Lipinski definition) is 3. The maximum Gasteiger partial charge on any atom is 0.250 e. The lowest BCUT2D eigenvalue weighted by molar-refractivity contribution is -0.696. The summed E-state index contributed by atoms with van der Waals surface area (Å²) in [5, 5.41) is 8.03. The molecule has 0 aliphatic rings. The third-order valence-corrected chi connectivity index (χ3v) is 2.56. The molecule has 0 aromatic carbocycles. The minimum Gasteiger partial charge on any atom is -0.480 e. The van der Waals surface area contributed by atoms with Gasteiger partial charge in [0, 0.05) is 12.1 Å². The maximum absolute atomic E-state index is 4.98. The normalized spacial score (nSPS) is 10.5. The van der Waals surface area contributed by atoms with Crippen molar-refractivity contribution in [1.29, 1.82) is 0 Å². The molecule has 0 spiro atoms. The van der Waals surface area contributed by atoms with Crippen LogP contribution in [0.2, 0.25) is 0 Å². The number of rotatable bonds is 5. The Hall–Kier alpha value is -1.91. The summed E-state index contributed by atoms with van der Waals surface area (Å²) >= 11 is 0. The van der Waals surface area contributed by atoms with Gasteiger partial charge in [-0.05, 0) is 6.42 Å². The summed E-state index contributed by atoms with van der Waals surface area (Å²) in [7, 11) is 1.58. The van der Waals surface area contributed by atoms with Crippen LogP contribution in [0.3, 0.4) is 0 Å². The van der Waals surface area contributed by atoms with Crippen LogP contribution < -0.4 is 9.30 Å². The number of aromatic nitrogens is 4. The predicted octanol–water partition coefficient (Wildman–Crippen LogP) is 1.36. The fourth-order valence-electron chi connectivity index (χ4n) is 1.56. The molecule has 0 aliphatic heterocycles. The van der Waals surface area contributed by atoms with E-state index in [1.54, 1.807) is 13.2 Å². The summed E-state index contributed by atoms with van der Waals surface area (Å²) in [6.45, 7) is 3.22. The molecule has 2 aromatic heterocycles. The van der Waals surface area contributed by atoms with E-state index in [1.807, 2.05) is 29.4 Å². The highest BCUT2D eigenvalue weighted by Crippen LogP contribution is 2.06. The molecule has 5 heteroatoms. The van der Waals surface area contributed by atoms with Crippen molar-refractivity contribution in [2.45, 2.75) is 26.3 Å². The van der Waals surface area contributed by atoms with Crippen LogP contribution in [0.15, 0.2) is 30.9 Å². The lowest BCUT2D eigenvalue weighted by Crippen LogP contribution is -2.30. The van der Waals surface area contributed by atoms with E-state index in [4.69, 9.17) is 4.74 Å². The van der Waals surface area contributed by atoms with Gasteiger partial charge >= 0.3 is 0 Å². The zero-order valence-corrected chi connectivity index (χ0v) is 10.2. The van der Waals surface area contributed by atoms with Gasteiger partial charge < -0.3 is 4.74 Å². The molecular weight excluding hydrogens is 216 g/mol. The third-order valence-electron chi connectivity index (χ3n) is 2.56. The Labute approximate surface area is 101 Å². The molecule has 0 atom stereocenters. The van der Waals surface area contributed by atoms with Gasteiger partial charge in [-0.2, -0.15) is 4.57 Å². The van der Waals surface area contributed by atoms with Gasteiger partial charge in [-0.3, -0.25) is 0 Å². The van der Waals surface area contributed by atoms with Crippen molar-refractivity contribution in [2.24, 2.45) is 0 Å². The number of hydrogen-bond donors (Lipinski definition) is 0. The molecule has 0 bridgehead atoms. The topological polar surface area (TPSA) is 43.8 Å². The number of aryl methyl sites for hydroxylation is 1. The molecule has 0 unspecified atom stereocenters. The van der Waals surface area contributed by atoms with Gasteiger partial charge in [-0.1, -0.05) is 13.3 Å². The van der Waals surface area contributed by atoms with E-state index in [2.05, 4.69) is 21.7 Å². The van der Waals surface area contributed by atoms with Crippen LogP contribution in [-0.2, 0) is 6.54 Å². The number of imidazole rings is 1. The average Bonchev–Trinajstić information content (AvgIpc) is 2.85. The first-order chi connectivity index (χ1) is 8.33. The number of ether oxygens (including phenoxy) is 1. The van der Waals surface area contributed by atoms with Crippen molar-refractivity contribution in [3.63, 3.8) is 0 Å². The number of methoxy groups -OCH3 is 1. The van der Waals surface area contributed by atoms with Crippen LogP contribution >= 0.6 is 0 Å². The minimum absolute atomic E-state index is 0.528. The van der Waals surface area contributed by atoms with E-state index in [9.17, 15) is 0 Å². The first-order valence-electron chi connectivity index (χ1n) is 5.78. The van der Waals surface area contributed by atoms with Crippen LogP contribution in [0.1, 0.15) is 19.8 Å². The van der Waals surface area contributed by atoms with Gasteiger partial charge in [0.1, 0.15) is 12.4 Å². The number of nitrogens with zero attached hydrogens (tertiary/aromatic N) is 4. The van der Waals surface area contributed by atoms with Crippen molar-refractivity contribution in [3.8, 4) is 11.7 Å². The van der Waals surface area contributed by atoms with Gasteiger partial charge in [0.15, 0.2) is 0 Å².